The molecule has 20 heavy (non-hydrogen) atoms. The summed E-state index contributed by atoms with van der Waals surface area (Å²) in [5, 5.41) is 3.46. The lowest BCUT2D eigenvalue weighted by molar-refractivity contribution is 0.311. The van der Waals surface area contributed by atoms with Crippen LogP contribution in [0.5, 0.6) is 5.75 Å². The molecule has 1 N–H and O–H groups in total. The van der Waals surface area contributed by atoms with Gasteiger partial charge >= 0.3 is 0 Å². The normalized spacial score (nSPS) is 12.1. The third-order valence-electron chi connectivity index (χ3n) is 3.00. The standard InChI is InChI=1S/C16H21N3O/c1-3-11-20-15-8-6-5-7-13(15)16(18-4-2)14-9-10-17-12-19-14/h5-10,12,16,18H,3-4,11H2,1-2H3. The maximum Gasteiger partial charge on any atom is 0.124 e. The van der Waals surface area contributed by atoms with Crippen molar-refractivity contribution in [1.29, 1.82) is 0 Å². The van der Waals surface area contributed by atoms with Crippen LogP contribution in [0.4, 0.5) is 0 Å². The molecular formula is C16H21N3O. The molecule has 1 heterocycles. The van der Waals surface area contributed by atoms with Crippen LogP contribution in [0.15, 0.2) is 42.9 Å². The van der Waals surface area contributed by atoms with Crippen LogP contribution in [0, 0.1) is 0 Å². The van der Waals surface area contributed by atoms with E-state index in [0.717, 1.165) is 36.6 Å². The van der Waals surface area contributed by atoms with Crippen LogP contribution in [0.3, 0.4) is 0 Å². The van der Waals surface area contributed by atoms with Crippen molar-refractivity contribution in [1.82, 2.24) is 15.3 Å². The fraction of sp³-hybridized carbons (Fsp3) is 0.375. The third kappa shape index (κ3) is 3.54. The van der Waals surface area contributed by atoms with Gasteiger partial charge in [0.1, 0.15) is 12.1 Å². The van der Waals surface area contributed by atoms with Gasteiger partial charge in [-0.2, -0.15) is 0 Å². The SMILES string of the molecule is CCCOc1ccccc1C(NCC)c1ccncn1. The van der Waals surface area contributed by atoms with Crippen LogP contribution in [0.1, 0.15) is 37.6 Å². The third-order valence-corrected chi connectivity index (χ3v) is 3.00. The second-order valence-corrected chi connectivity index (χ2v) is 4.51. The van der Waals surface area contributed by atoms with Gasteiger partial charge in [-0.3, -0.25) is 0 Å². The minimum atomic E-state index is 0.0241. The van der Waals surface area contributed by atoms with Crippen LogP contribution < -0.4 is 10.1 Å². The van der Waals surface area contributed by atoms with Crippen molar-refractivity contribution in [3.05, 3.63) is 54.1 Å². The second-order valence-electron chi connectivity index (χ2n) is 4.51. The molecule has 1 aromatic carbocycles. The van der Waals surface area contributed by atoms with Crippen molar-refractivity contribution in [3.63, 3.8) is 0 Å². The molecule has 1 unspecified atom stereocenters. The number of para-hydroxylation sites is 1. The molecule has 0 amide bonds. The zero-order valence-corrected chi connectivity index (χ0v) is 12.0. The van der Waals surface area contributed by atoms with Gasteiger partial charge in [-0.25, -0.2) is 9.97 Å². The molecule has 0 saturated heterocycles. The van der Waals surface area contributed by atoms with E-state index in [1.807, 2.05) is 24.3 Å². The Labute approximate surface area is 120 Å². The van der Waals surface area contributed by atoms with E-state index in [2.05, 4.69) is 35.2 Å². The van der Waals surface area contributed by atoms with Crippen molar-refractivity contribution in [2.45, 2.75) is 26.3 Å². The van der Waals surface area contributed by atoms with E-state index in [-0.39, 0.29) is 6.04 Å². The highest BCUT2D eigenvalue weighted by Gasteiger charge is 2.18. The molecule has 0 fully saturated rings. The predicted molar refractivity (Wildman–Crippen MR) is 79.8 cm³/mol. The molecule has 0 aliphatic heterocycles. The van der Waals surface area contributed by atoms with Crippen LogP contribution >= 0.6 is 0 Å². The highest BCUT2D eigenvalue weighted by Crippen LogP contribution is 2.28. The minimum Gasteiger partial charge on any atom is -0.493 e. The van der Waals surface area contributed by atoms with Crippen molar-refractivity contribution < 1.29 is 4.74 Å². The summed E-state index contributed by atoms with van der Waals surface area (Å²) in [6.45, 7) is 5.77. The molecule has 0 aliphatic rings. The molecule has 0 saturated carbocycles. The first-order valence-electron chi connectivity index (χ1n) is 7.07. The first kappa shape index (κ1) is 14.5. The number of hydrogen-bond donors (Lipinski definition) is 1. The summed E-state index contributed by atoms with van der Waals surface area (Å²) in [7, 11) is 0. The Hall–Kier alpha value is -1.94. The second kappa shape index (κ2) is 7.60. The Morgan fingerprint density at radius 2 is 2.05 bits per heavy atom. The van der Waals surface area contributed by atoms with Gasteiger partial charge in [0, 0.05) is 11.8 Å². The van der Waals surface area contributed by atoms with Gasteiger partial charge in [0.15, 0.2) is 0 Å². The summed E-state index contributed by atoms with van der Waals surface area (Å²) in [6, 6.07) is 10.1. The van der Waals surface area contributed by atoms with E-state index < -0.39 is 0 Å². The van der Waals surface area contributed by atoms with Crippen molar-refractivity contribution in [2.24, 2.45) is 0 Å². The van der Waals surface area contributed by atoms with Crippen LogP contribution in [0.25, 0.3) is 0 Å². The molecule has 0 aliphatic carbocycles. The molecule has 0 bridgehead atoms. The number of nitrogens with zero attached hydrogens (tertiary/aromatic N) is 2. The summed E-state index contributed by atoms with van der Waals surface area (Å²) >= 11 is 0. The van der Waals surface area contributed by atoms with E-state index >= 15 is 0 Å². The van der Waals surface area contributed by atoms with Crippen LogP contribution in [-0.4, -0.2) is 23.1 Å². The Morgan fingerprint density at radius 1 is 1.20 bits per heavy atom. The van der Waals surface area contributed by atoms with E-state index in [4.69, 9.17) is 4.74 Å². The van der Waals surface area contributed by atoms with Gasteiger partial charge < -0.3 is 10.1 Å². The molecule has 0 spiro atoms. The summed E-state index contributed by atoms with van der Waals surface area (Å²) in [5.74, 6) is 0.916. The monoisotopic (exact) mass is 271 g/mol. The van der Waals surface area contributed by atoms with Gasteiger partial charge in [0.2, 0.25) is 0 Å². The van der Waals surface area contributed by atoms with Gasteiger partial charge in [-0.1, -0.05) is 32.0 Å². The van der Waals surface area contributed by atoms with E-state index in [1.54, 1.807) is 12.5 Å². The summed E-state index contributed by atoms with van der Waals surface area (Å²) in [5.41, 5.74) is 2.07. The topological polar surface area (TPSA) is 47.0 Å². The Bertz CT molecular complexity index is 516. The first-order chi connectivity index (χ1) is 9.86. The number of ether oxygens (including phenoxy) is 1. The van der Waals surface area contributed by atoms with E-state index in [0.29, 0.717) is 0 Å². The average Bonchev–Trinajstić information content (AvgIpc) is 2.52. The molecule has 2 aromatic rings. The maximum atomic E-state index is 5.85. The smallest absolute Gasteiger partial charge is 0.124 e. The van der Waals surface area contributed by atoms with E-state index in [1.165, 1.54) is 0 Å². The molecule has 1 atom stereocenters. The van der Waals surface area contributed by atoms with Gasteiger partial charge in [-0.05, 0) is 25.1 Å². The van der Waals surface area contributed by atoms with Crippen molar-refractivity contribution in [2.75, 3.05) is 13.2 Å². The zero-order valence-electron chi connectivity index (χ0n) is 12.0. The maximum absolute atomic E-state index is 5.85. The lowest BCUT2D eigenvalue weighted by Gasteiger charge is -2.20. The fourth-order valence-corrected chi connectivity index (χ4v) is 2.11. The summed E-state index contributed by atoms with van der Waals surface area (Å²) in [6.07, 6.45) is 4.34. The predicted octanol–water partition coefficient (Wildman–Crippen LogP) is 2.96. The fourth-order valence-electron chi connectivity index (χ4n) is 2.11. The first-order valence-corrected chi connectivity index (χ1v) is 7.07. The van der Waals surface area contributed by atoms with Crippen LogP contribution in [-0.2, 0) is 0 Å². The molecule has 4 nitrogen and oxygen atoms in total. The van der Waals surface area contributed by atoms with Gasteiger partial charge in [-0.15, -0.1) is 0 Å². The number of aromatic nitrogens is 2. The lowest BCUT2D eigenvalue weighted by Crippen LogP contribution is -2.23. The molecule has 2 rings (SSSR count). The molecule has 1 aromatic heterocycles. The average molecular weight is 271 g/mol. The van der Waals surface area contributed by atoms with Crippen LogP contribution in [0.2, 0.25) is 0 Å². The highest BCUT2D eigenvalue weighted by atomic mass is 16.5. The number of hydrogen-bond acceptors (Lipinski definition) is 4. The van der Waals surface area contributed by atoms with Gasteiger partial charge in [0.05, 0.1) is 18.3 Å². The zero-order chi connectivity index (χ0) is 14.2. The quantitative estimate of drug-likeness (QED) is 0.841. The van der Waals surface area contributed by atoms with Crippen molar-refractivity contribution >= 4 is 0 Å². The van der Waals surface area contributed by atoms with Crippen molar-refractivity contribution in [3.8, 4) is 5.75 Å². The summed E-state index contributed by atoms with van der Waals surface area (Å²) < 4.78 is 5.85. The molecular weight excluding hydrogens is 250 g/mol. The Kier molecular flexibility index (Phi) is 5.50. The number of benzene rings is 1. The summed E-state index contributed by atoms with van der Waals surface area (Å²) in [4.78, 5) is 8.35. The minimum absolute atomic E-state index is 0.0241. The molecule has 4 heteroatoms. The number of nitrogens with one attached hydrogen (secondary N) is 1. The lowest BCUT2D eigenvalue weighted by atomic mass is 10.0. The Morgan fingerprint density at radius 3 is 2.75 bits per heavy atom. The van der Waals surface area contributed by atoms with E-state index in [9.17, 15) is 0 Å². The van der Waals surface area contributed by atoms with Gasteiger partial charge in [0.25, 0.3) is 0 Å². The molecule has 0 radical (unpaired) electrons. The Balaban J connectivity index is 2.34. The highest BCUT2D eigenvalue weighted by molar-refractivity contribution is 5.39. The number of rotatable bonds is 7. The largest absolute Gasteiger partial charge is 0.493 e. The molecule has 106 valence electrons.